The van der Waals surface area contributed by atoms with E-state index in [1.165, 1.54) is 0 Å². The Morgan fingerprint density at radius 1 is 1.62 bits per heavy atom. The van der Waals surface area contributed by atoms with E-state index in [2.05, 4.69) is 16.3 Å². The largest absolute Gasteiger partial charge is 0.480 e. The van der Waals surface area contributed by atoms with Gasteiger partial charge in [0, 0.05) is 6.42 Å². The Hall–Kier alpha value is -2.56. The van der Waals surface area contributed by atoms with Crippen LogP contribution in [0.4, 0.5) is 5.82 Å². The van der Waals surface area contributed by atoms with Gasteiger partial charge in [0.25, 0.3) is 5.56 Å². The van der Waals surface area contributed by atoms with E-state index in [4.69, 9.17) is 11.5 Å². The molecule has 0 fully saturated rings. The van der Waals surface area contributed by atoms with Crippen molar-refractivity contribution in [3.63, 3.8) is 0 Å². The molecule has 0 bridgehead atoms. The van der Waals surface area contributed by atoms with Crippen molar-refractivity contribution in [3.8, 4) is 12.3 Å². The van der Waals surface area contributed by atoms with Crippen LogP contribution in [0.2, 0.25) is 0 Å². The minimum Gasteiger partial charge on any atom is -0.480 e. The summed E-state index contributed by atoms with van der Waals surface area (Å²) in [4.78, 5) is 34.4. The summed E-state index contributed by atoms with van der Waals surface area (Å²) >= 11 is 0. The van der Waals surface area contributed by atoms with E-state index in [1.807, 2.05) is 10.1 Å². The second-order valence-electron chi connectivity index (χ2n) is 2.80. The molecule has 0 aliphatic heterocycles. The van der Waals surface area contributed by atoms with Crippen molar-refractivity contribution in [1.29, 1.82) is 0 Å². The van der Waals surface area contributed by atoms with E-state index in [1.54, 1.807) is 0 Å². The van der Waals surface area contributed by atoms with Crippen molar-refractivity contribution >= 4 is 11.8 Å². The van der Waals surface area contributed by atoms with E-state index < -0.39 is 23.3 Å². The molecule has 0 amide bonds. The Balaban J connectivity index is 2.95. The maximum atomic E-state index is 11.2. The van der Waals surface area contributed by atoms with Gasteiger partial charge in [0.15, 0.2) is 0 Å². The van der Waals surface area contributed by atoms with Gasteiger partial charge >= 0.3 is 11.7 Å². The van der Waals surface area contributed by atoms with E-state index in [0.29, 0.717) is 0 Å². The molecule has 0 aliphatic carbocycles. The monoisotopic (exact) mass is 224 g/mol. The predicted octanol–water partition coefficient (Wildman–Crippen LogP) is -1.65. The van der Waals surface area contributed by atoms with E-state index in [0.717, 1.165) is 0 Å². The highest BCUT2D eigenvalue weighted by atomic mass is 16.4. The Labute approximate surface area is 88.7 Å². The van der Waals surface area contributed by atoms with Crippen LogP contribution in [0.1, 0.15) is 6.42 Å². The molecular formula is C8H8N4O4. The van der Waals surface area contributed by atoms with E-state index in [-0.39, 0.29) is 12.2 Å². The van der Waals surface area contributed by atoms with Crippen molar-refractivity contribution in [2.24, 2.45) is 0 Å². The molecule has 0 aliphatic rings. The summed E-state index contributed by atoms with van der Waals surface area (Å²) in [6, 6.07) is -1.13. The number of aromatic amines is 2. The Kier molecular flexibility index (Phi) is 3.45. The van der Waals surface area contributed by atoms with Gasteiger partial charge in [-0.05, 0) is 0 Å². The summed E-state index contributed by atoms with van der Waals surface area (Å²) in [5.41, 5.74) is -1.59. The number of aromatic nitrogens is 3. The van der Waals surface area contributed by atoms with Crippen molar-refractivity contribution in [1.82, 2.24) is 15.2 Å². The number of carboxylic acids is 1. The first-order chi connectivity index (χ1) is 7.54. The van der Waals surface area contributed by atoms with Gasteiger partial charge in [-0.1, -0.05) is 0 Å². The molecule has 1 aromatic rings. The van der Waals surface area contributed by atoms with Crippen molar-refractivity contribution in [2.75, 3.05) is 5.32 Å². The van der Waals surface area contributed by atoms with Crippen LogP contribution >= 0.6 is 0 Å². The van der Waals surface area contributed by atoms with Gasteiger partial charge in [0.05, 0.1) is 0 Å². The first-order valence-corrected chi connectivity index (χ1v) is 4.16. The van der Waals surface area contributed by atoms with Gasteiger partial charge in [-0.3, -0.25) is 9.78 Å². The minimum absolute atomic E-state index is 0.115. The SMILES string of the molecule is C#CCC(Nc1n[nH]c(=O)[nH]c1=O)C(=O)O. The van der Waals surface area contributed by atoms with Gasteiger partial charge in [-0.15, -0.1) is 17.4 Å². The average Bonchev–Trinajstić information content (AvgIpc) is 2.20. The molecule has 84 valence electrons. The zero-order valence-electron chi connectivity index (χ0n) is 7.98. The first kappa shape index (κ1) is 11.5. The number of aliphatic carboxylic acids is 1. The molecule has 16 heavy (non-hydrogen) atoms. The van der Waals surface area contributed by atoms with Crippen molar-refractivity contribution in [3.05, 3.63) is 20.8 Å². The van der Waals surface area contributed by atoms with Crippen LogP contribution in [0.15, 0.2) is 9.59 Å². The lowest BCUT2D eigenvalue weighted by Crippen LogP contribution is -2.34. The smallest absolute Gasteiger partial charge is 0.342 e. The molecule has 0 spiro atoms. The quantitative estimate of drug-likeness (QED) is 0.453. The Morgan fingerprint density at radius 3 is 2.81 bits per heavy atom. The number of nitrogens with zero attached hydrogens (tertiary/aromatic N) is 1. The lowest BCUT2D eigenvalue weighted by molar-refractivity contribution is -0.137. The molecule has 0 saturated heterocycles. The minimum atomic E-state index is -1.22. The average molecular weight is 224 g/mol. The topological polar surface area (TPSA) is 128 Å². The standard InChI is InChI=1S/C8H8N4O4/c1-2-3-4(7(14)15)9-5-6(13)10-8(16)12-11-5/h1,4H,3H2,(H,9,11)(H,14,15)(H2,10,12,13,16). The van der Waals surface area contributed by atoms with Crippen LogP contribution in [0.25, 0.3) is 0 Å². The second-order valence-corrected chi connectivity index (χ2v) is 2.80. The van der Waals surface area contributed by atoms with Gasteiger partial charge in [-0.25, -0.2) is 14.7 Å². The zero-order chi connectivity index (χ0) is 12.1. The van der Waals surface area contributed by atoms with E-state index >= 15 is 0 Å². The number of carbonyl (C=O) groups is 1. The third-order valence-electron chi connectivity index (χ3n) is 1.64. The second kappa shape index (κ2) is 4.79. The Morgan fingerprint density at radius 2 is 2.31 bits per heavy atom. The predicted molar refractivity (Wildman–Crippen MR) is 54.0 cm³/mol. The van der Waals surface area contributed by atoms with Crippen LogP contribution in [0.5, 0.6) is 0 Å². The summed E-state index contributed by atoms with van der Waals surface area (Å²) in [6.45, 7) is 0. The highest BCUT2D eigenvalue weighted by Crippen LogP contribution is 1.98. The van der Waals surface area contributed by atoms with E-state index in [9.17, 15) is 14.4 Å². The fourth-order valence-corrected chi connectivity index (χ4v) is 0.928. The normalized spacial score (nSPS) is 11.4. The molecule has 8 nitrogen and oxygen atoms in total. The van der Waals surface area contributed by atoms with Crippen LogP contribution in [0, 0.1) is 12.3 Å². The van der Waals surface area contributed by atoms with Crippen LogP contribution in [-0.2, 0) is 4.79 Å². The summed E-state index contributed by atoms with van der Waals surface area (Å²) in [5.74, 6) is 0.624. The van der Waals surface area contributed by atoms with Crippen LogP contribution < -0.4 is 16.6 Å². The van der Waals surface area contributed by atoms with Gasteiger partial charge < -0.3 is 10.4 Å². The van der Waals surface area contributed by atoms with Crippen molar-refractivity contribution < 1.29 is 9.90 Å². The van der Waals surface area contributed by atoms with Gasteiger partial charge in [-0.2, -0.15) is 0 Å². The summed E-state index contributed by atoms with van der Waals surface area (Å²) in [5, 5.41) is 16.4. The number of carboxylic acid groups (broad SMARTS) is 1. The highest BCUT2D eigenvalue weighted by molar-refractivity contribution is 5.77. The molecule has 1 heterocycles. The number of terminal acetylenes is 1. The van der Waals surface area contributed by atoms with Crippen LogP contribution in [0.3, 0.4) is 0 Å². The molecule has 8 heteroatoms. The number of hydrogen-bond acceptors (Lipinski definition) is 5. The Bertz CT molecular complexity index is 538. The highest BCUT2D eigenvalue weighted by Gasteiger charge is 2.17. The maximum Gasteiger partial charge on any atom is 0.342 e. The molecule has 0 radical (unpaired) electrons. The number of rotatable bonds is 4. The third kappa shape index (κ3) is 2.71. The lowest BCUT2D eigenvalue weighted by Gasteiger charge is -2.10. The number of H-pyrrole nitrogens is 2. The van der Waals surface area contributed by atoms with Gasteiger partial charge in [0.1, 0.15) is 6.04 Å². The first-order valence-electron chi connectivity index (χ1n) is 4.16. The summed E-state index contributed by atoms with van der Waals surface area (Å²) < 4.78 is 0. The molecule has 1 rings (SSSR count). The lowest BCUT2D eigenvalue weighted by atomic mass is 10.2. The molecule has 1 aromatic heterocycles. The molecular weight excluding hydrogens is 216 g/mol. The molecule has 4 N–H and O–H groups in total. The third-order valence-corrected chi connectivity index (χ3v) is 1.64. The number of nitrogens with one attached hydrogen (secondary N) is 3. The van der Waals surface area contributed by atoms with Crippen LogP contribution in [-0.4, -0.2) is 32.3 Å². The number of hydrogen-bond donors (Lipinski definition) is 4. The molecule has 0 saturated carbocycles. The fraction of sp³-hybridized carbons (Fsp3) is 0.250. The maximum absolute atomic E-state index is 11.2. The fourth-order valence-electron chi connectivity index (χ4n) is 0.928. The zero-order valence-corrected chi connectivity index (χ0v) is 7.98. The number of anilines is 1. The molecule has 1 atom stereocenters. The van der Waals surface area contributed by atoms with Crippen molar-refractivity contribution in [2.45, 2.75) is 12.5 Å². The van der Waals surface area contributed by atoms with Gasteiger partial charge in [0.2, 0.25) is 5.82 Å². The molecule has 1 unspecified atom stereocenters. The summed E-state index contributed by atoms with van der Waals surface area (Å²) in [6.07, 6.45) is 4.85. The summed E-state index contributed by atoms with van der Waals surface area (Å²) in [7, 11) is 0. The molecule has 0 aromatic carbocycles.